The van der Waals surface area contributed by atoms with Crippen molar-refractivity contribution >= 4 is 28.9 Å². The van der Waals surface area contributed by atoms with Crippen LogP contribution in [0.5, 0.6) is 11.5 Å². The lowest BCUT2D eigenvalue weighted by atomic mass is 10.2. The van der Waals surface area contributed by atoms with Crippen molar-refractivity contribution in [2.24, 2.45) is 0 Å². The average Bonchev–Trinajstić information content (AvgIpc) is 2.70. The van der Waals surface area contributed by atoms with Crippen LogP contribution in [0.25, 0.3) is 0 Å². The number of rotatable bonds is 10. The molecule has 0 aliphatic heterocycles. The first-order chi connectivity index (χ1) is 13.6. The van der Waals surface area contributed by atoms with Gasteiger partial charge in [0.25, 0.3) is 5.91 Å². The fourth-order valence-electron chi connectivity index (χ4n) is 2.26. The van der Waals surface area contributed by atoms with Crippen LogP contribution in [0.15, 0.2) is 61.2 Å². The summed E-state index contributed by atoms with van der Waals surface area (Å²) in [6, 6.07) is 14.2. The van der Waals surface area contributed by atoms with E-state index in [9.17, 15) is 4.79 Å². The van der Waals surface area contributed by atoms with E-state index in [1.807, 2.05) is 25.1 Å². The Morgan fingerprint density at radius 3 is 2.75 bits per heavy atom. The third-order valence-corrected chi connectivity index (χ3v) is 3.72. The second-order valence-electron chi connectivity index (χ2n) is 5.58. The van der Waals surface area contributed by atoms with Gasteiger partial charge in [0.15, 0.2) is 5.11 Å². The van der Waals surface area contributed by atoms with E-state index in [0.717, 1.165) is 0 Å². The molecule has 0 unspecified atom stereocenters. The Hall–Kier alpha value is -2.90. The van der Waals surface area contributed by atoms with Gasteiger partial charge in [-0.2, -0.15) is 0 Å². The molecule has 0 radical (unpaired) electrons. The van der Waals surface area contributed by atoms with Crippen LogP contribution in [-0.4, -0.2) is 37.4 Å². The number of carbonyl (C=O) groups is 1. The summed E-state index contributed by atoms with van der Waals surface area (Å²) in [5.74, 6) is 0.871. The van der Waals surface area contributed by atoms with Gasteiger partial charge in [0.2, 0.25) is 0 Å². The Bertz CT molecular complexity index is 810. The largest absolute Gasteiger partial charge is 0.491 e. The summed E-state index contributed by atoms with van der Waals surface area (Å²) in [5, 5.41) is 5.80. The van der Waals surface area contributed by atoms with Gasteiger partial charge in [0.05, 0.1) is 12.3 Å². The molecule has 0 atom stereocenters. The maximum atomic E-state index is 12.5. The molecular weight excluding hydrogens is 376 g/mol. The zero-order chi connectivity index (χ0) is 20.2. The maximum absolute atomic E-state index is 12.5. The van der Waals surface area contributed by atoms with E-state index in [1.54, 1.807) is 36.4 Å². The summed E-state index contributed by atoms with van der Waals surface area (Å²) in [6.07, 6.45) is 1.65. The number of ether oxygens (including phenoxy) is 3. The molecule has 28 heavy (non-hydrogen) atoms. The SMILES string of the molecule is C=CCOc1ccccc1NC(=S)NC(=O)c1cccc(OCCOCC)c1. The van der Waals surface area contributed by atoms with Gasteiger partial charge in [-0.15, -0.1) is 0 Å². The molecule has 0 aliphatic rings. The van der Waals surface area contributed by atoms with Gasteiger partial charge < -0.3 is 19.5 Å². The standard InChI is InChI=1S/C21H24N2O4S/c1-3-12-27-19-11-6-5-10-18(19)22-21(28)23-20(24)16-8-7-9-17(15-16)26-14-13-25-4-2/h3,5-11,15H,1,4,12-14H2,2H3,(H2,22,23,24,28). The molecule has 0 aromatic heterocycles. The zero-order valence-electron chi connectivity index (χ0n) is 15.8. The average molecular weight is 401 g/mol. The van der Waals surface area contributed by atoms with Gasteiger partial charge in [-0.05, 0) is 49.5 Å². The van der Waals surface area contributed by atoms with Crippen LogP contribution >= 0.6 is 12.2 Å². The molecular formula is C21H24N2O4S. The highest BCUT2D eigenvalue weighted by Crippen LogP contribution is 2.23. The predicted octanol–water partition coefficient (Wildman–Crippen LogP) is 3.79. The van der Waals surface area contributed by atoms with Crippen LogP contribution in [0.2, 0.25) is 0 Å². The van der Waals surface area contributed by atoms with E-state index in [1.165, 1.54) is 0 Å². The predicted molar refractivity (Wildman–Crippen MR) is 114 cm³/mol. The van der Waals surface area contributed by atoms with Crippen LogP contribution in [0.4, 0.5) is 5.69 Å². The number of para-hydroxylation sites is 2. The third kappa shape index (κ3) is 7.02. The van der Waals surface area contributed by atoms with Crippen molar-refractivity contribution in [3.8, 4) is 11.5 Å². The van der Waals surface area contributed by atoms with Crippen molar-refractivity contribution in [2.75, 3.05) is 31.7 Å². The summed E-state index contributed by atoms with van der Waals surface area (Å²) >= 11 is 5.25. The highest BCUT2D eigenvalue weighted by molar-refractivity contribution is 7.80. The number of thiocarbonyl (C=S) groups is 1. The lowest BCUT2D eigenvalue weighted by Gasteiger charge is -2.14. The summed E-state index contributed by atoms with van der Waals surface area (Å²) in [4.78, 5) is 12.5. The molecule has 2 aromatic rings. The van der Waals surface area contributed by atoms with Crippen molar-refractivity contribution < 1.29 is 19.0 Å². The molecule has 7 heteroatoms. The fourth-order valence-corrected chi connectivity index (χ4v) is 2.47. The summed E-state index contributed by atoms with van der Waals surface area (Å²) in [5.41, 5.74) is 1.09. The van der Waals surface area contributed by atoms with E-state index in [0.29, 0.717) is 49.2 Å². The molecule has 0 saturated heterocycles. The van der Waals surface area contributed by atoms with Gasteiger partial charge in [0, 0.05) is 12.2 Å². The molecule has 2 aromatic carbocycles. The normalized spacial score (nSPS) is 10.0. The molecule has 0 saturated carbocycles. The van der Waals surface area contributed by atoms with E-state index >= 15 is 0 Å². The highest BCUT2D eigenvalue weighted by atomic mass is 32.1. The van der Waals surface area contributed by atoms with Gasteiger partial charge in [-0.25, -0.2) is 0 Å². The van der Waals surface area contributed by atoms with Crippen LogP contribution in [0.3, 0.4) is 0 Å². The molecule has 148 valence electrons. The lowest BCUT2D eigenvalue weighted by molar-refractivity contribution is 0.0976. The molecule has 0 fully saturated rings. The molecule has 2 rings (SSSR count). The summed E-state index contributed by atoms with van der Waals surface area (Å²) < 4.78 is 16.4. The third-order valence-electron chi connectivity index (χ3n) is 3.52. The van der Waals surface area contributed by atoms with Gasteiger partial charge in [0.1, 0.15) is 24.7 Å². The van der Waals surface area contributed by atoms with Crippen molar-refractivity contribution in [3.63, 3.8) is 0 Å². The van der Waals surface area contributed by atoms with E-state index < -0.39 is 0 Å². The van der Waals surface area contributed by atoms with Crippen molar-refractivity contribution in [1.82, 2.24) is 5.32 Å². The van der Waals surface area contributed by atoms with Crippen LogP contribution in [0.1, 0.15) is 17.3 Å². The molecule has 1 amide bonds. The minimum Gasteiger partial charge on any atom is -0.491 e. The fraction of sp³-hybridized carbons (Fsp3) is 0.238. The molecule has 0 bridgehead atoms. The molecule has 6 nitrogen and oxygen atoms in total. The Balaban J connectivity index is 1.94. The van der Waals surface area contributed by atoms with Gasteiger partial charge in [-0.1, -0.05) is 30.9 Å². The topological polar surface area (TPSA) is 68.8 Å². The van der Waals surface area contributed by atoms with E-state index in [4.69, 9.17) is 26.4 Å². The Labute approximate surface area is 170 Å². The minimum atomic E-state index is -0.336. The quantitative estimate of drug-likeness (QED) is 0.359. The monoisotopic (exact) mass is 400 g/mol. The Kier molecular flexibility index (Phi) is 8.97. The van der Waals surface area contributed by atoms with Gasteiger partial charge >= 0.3 is 0 Å². The second-order valence-corrected chi connectivity index (χ2v) is 5.99. The number of carbonyl (C=O) groups excluding carboxylic acids is 1. The molecule has 0 aliphatic carbocycles. The number of hydrogen-bond acceptors (Lipinski definition) is 5. The number of anilines is 1. The smallest absolute Gasteiger partial charge is 0.257 e. The molecule has 0 spiro atoms. The highest BCUT2D eigenvalue weighted by Gasteiger charge is 2.11. The van der Waals surface area contributed by atoms with E-state index in [2.05, 4.69) is 17.2 Å². The van der Waals surface area contributed by atoms with Gasteiger partial charge in [-0.3, -0.25) is 10.1 Å². The second kappa shape index (κ2) is 11.7. The number of benzene rings is 2. The van der Waals surface area contributed by atoms with Crippen LogP contribution in [-0.2, 0) is 4.74 Å². The minimum absolute atomic E-state index is 0.169. The zero-order valence-corrected chi connectivity index (χ0v) is 16.6. The van der Waals surface area contributed by atoms with Crippen LogP contribution in [0, 0.1) is 0 Å². The first-order valence-corrected chi connectivity index (χ1v) is 9.30. The van der Waals surface area contributed by atoms with Crippen LogP contribution < -0.4 is 20.1 Å². The first kappa shape index (κ1) is 21.4. The molecule has 2 N–H and O–H groups in total. The summed E-state index contributed by atoms with van der Waals surface area (Å²) in [7, 11) is 0. The van der Waals surface area contributed by atoms with Crippen molar-refractivity contribution in [3.05, 3.63) is 66.7 Å². The van der Waals surface area contributed by atoms with Crippen molar-refractivity contribution in [2.45, 2.75) is 6.92 Å². The first-order valence-electron chi connectivity index (χ1n) is 8.89. The van der Waals surface area contributed by atoms with E-state index in [-0.39, 0.29) is 11.0 Å². The lowest BCUT2D eigenvalue weighted by Crippen LogP contribution is -2.34. The summed E-state index contributed by atoms with van der Waals surface area (Å²) in [6.45, 7) is 7.47. The van der Waals surface area contributed by atoms with Crippen molar-refractivity contribution in [1.29, 1.82) is 0 Å². The maximum Gasteiger partial charge on any atom is 0.257 e. The Morgan fingerprint density at radius 2 is 1.96 bits per heavy atom. The number of nitrogens with one attached hydrogen (secondary N) is 2. The number of amides is 1. The molecule has 0 heterocycles. The Morgan fingerprint density at radius 1 is 1.14 bits per heavy atom. The number of hydrogen-bond donors (Lipinski definition) is 2.